The van der Waals surface area contributed by atoms with Crippen molar-refractivity contribution in [1.82, 2.24) is 9.55 Å². The number of fused-ring (bicyclic) bond motifs is 1. The van der Waals surface area contributed by atoms with Crippen molar-refractivity contribution in [3.63, 3.8) is 0 Å². The number of nitrogens with zero attached hydrogens (tertiary/aromatic N) is 2. The number of carbonyl (C=O) groups excluding carboxylic acids is 2. The van der Waals surface area contributed by atoms with Crippen LogP contribution in [0.25, 0.3) is 10.2 Å². The Morgan fingerprint density at radius 3 is 2.63 bits per heavy atom. The monoisotopic (exact) mass is 427 g/mol. The van der Waals surface area contributed by atoms with Crippen LogP contribution in [0.4, 0.5) is 5.69 Å². The van der Waals surface area contributed by atoms with E-state index in [0.717, 1.165) is 22.5 Å². The Labute approximate surface area is 178 Å². The van der Waals surface area contributed by atoms with Gasteiger partial charge in [-0.05, 0) is 43.9 Å². The lowest BCUT2D eigenvalue weighted by Gasteiger charge is -2.10. The summed E-state index contributed by atoms with van der Waals surface area (Å²) >= 11 is 1.13. The molecule has 158 valence electrons. The molecule has 0 atom stereocenters. The van der Waals surface area contributed by atoms with E-state index >= 15 is 0 Å². The van der Waals surface area contributed by atoms with Crippen molar-refractivity contribution in [2.45, 2.75) is 41.2 Å². The van der Waals surface area contributed by atoms with Crippen LogP contribution in [0.5, 0.6) is 0 Å². The molecule has 2 aromatic heterocycles. The summed E-state index contributed by atoms with van der Waals surface area (Å²) in [7, 11) is 0. The number of anilines is 1. The minimum Gasteiger partial charge on any atom is -0.461 e. The highest BCUT2D eigenvalue weighted by Crippen LogP contribution is 2.27. The van der Waals surface area contributed by atoms with Crippen LogP contribution >= 0.6 is 11.3 Å². The third-order valence-corrected chi connectivity index (χ3v) is 5.80. The fourth-order valence-corrected chi connectivity index (χ4v) is 4.11. The van der Waals surface area contributed by atoms with Crippen molar-refractivity contribution < 1.29 is 14.3 Å². The Morgan fingerprint density at radius 2 is 1.97 bits per heavy atom. The predicted molar refractivity (Wildman–Crippen MR) is 118 cm³/mol. The molecule has 2 heterocycles. The molecule has 1 amide bonds. The molecule has 3 aromatic rings. The first-order chi connectivity index (χ1) is 14.2. The van der Waals surface area contributed by atoms with Crippen LogP contribution in [-0.4, -0.2) is 28.0 Å². The van der Waals surface area contributed by atoms with Gasteiger partial charge in [0.25, 0.3) is 5.56 Å². The third-order valence-electron chi connectivity index (χ3n) is 4.62. The lowest BCUT2D eigenvalue weighted by atomic mass is 10.1. The molecule has 0 aliphatic rings. The molecule has 0 bridgehead atoms. The smallest absolute Gasteiger partial charge is 0.348 e. The van der Waals surface area contributed by atoms with E-state index in [1.165, 1.54) is 10.9 Å². The first kappa shape index (κ1) is 21.7. The Kier molecular flexibility index (Phi) is 6.36. The number of nitrogens with one attached hydrogen (secondary N) is 1. The lowest BCUT2D eigenvalue weighted by molar-refractivity contribution is -0.116. The van der Waals surface area contributed by atoms with Crippen LogP contribution in [0, 0.1) is 26.7 Å². The van der Waals surface area contributed by atoms with Gasteiger partial charge in [0.05, 0.1) is 18.3 Å². The zero-order valence-electron chi connectivity index (χ0n) is 17.7. The van der Waals surface area contributed by atoms with Gasteiger partial charge in [-0.25, -0.2) is 9.78 Å². The van der Waals surface area contributed by atoms with Crippen LogP contribution in [-0.2, 0) is 16.1 Å². The molecule has 0 spiro atoms. The van der Waals surface area contributed by atoms with Crippen molar-refractivity contribution in [2.75, 3.05) is 11.9 Å². The summed E-state index contributed by atoms with van der Waals surface area (Å²) in [4.78, 5) is 42.9. The molecule has 1 aromatic carbocycles. The molecule has 8 heteroatoms. The Bertz CT molecular complexity index is 1180. The van der Waals surface area contributed by atoms with Gasteiger partial charge in [-0.2, -0.15) is 0 Å². The van der Waals surface area contributed by atoms with E-state index in [-0.39, 0.29) is 23.9 Å². The van der Waals surface area contributed by atoms with Gasteiger partial charge in [-0.3, -0.25) is 14.2 Å². The Balaban J connectivity index is 1.84. The Hall–Kier alpha value is -3.00. The number of carbonyl (C=O) groups is 2. The summed E-state index contributed by atoms with van der Waals surface area (Å²) in [5.41, 5.74) is 2.93. The second kappa shape index (κ2) is 8.79. The predicted octanol–water partition coefficient (Wildman–Crippen LogP) is 3.83. The average Bonchev–Trinajstić information content (AvgIpc) is 3.01. The highest BCUT2D eigenvalue weighted by molar-refractivity contribution is 7.20. The second-order valence-corrected chi connectivity index (χ2v) is 8.77. The standard InChI is InChI=1S/C22H25N3O4S/c1-12(2)10-29-22(28)19-15(5)18-20(30-19)23-11-25(21(18)27)9-17(26)24-16-7-6-13(3)8-14(16)4/h6-8,11-12H,9-10H2,1-5H3,(H,24,26). The van der Waals surface area contributed by atoms with E-state index < -0.39 is 5.97 Å². The number of esters is 1. The normalized spacial score (nSPS) is 11.1. The number of benzene rings is 1. The molecule has 7 nitrogen and oxygen atoms in total. The summed E-state index contributed by atoms with van der Waals surface area (Å²) in [5, 5.41) is 3.17. The summed E-state index contributed by atoms with van der Waals surface area (Å²) in [6.45, 7) is 9.64. The van der Waals surface area contributed by atoms with E-state index in [0.29, 0.717) is 33.0 Å². The molecule has 0 unspecified atom stereocenters. The van der Waals surface area contributed by atoms with Crippen molar-refractivity contribution >= 4 is 39.1 Å². The van der Waals surface area contributed by atoms with Crippen LogP contribution < -0.4 is 10.9 Å². The maximum Gasteiger partial charge on any atom is 0.348 e. The van der Waals surface area contributed by atoms with Crippen molar-refractivity contribution in [1.29, 1.82) is 0 Å². The highest BCUT2D eigenvalue weighted by Gasteiger charge is 2.21. The molecule has 1 N–H and O–H groups in total. The highest BCUT2D eigenvalue weighted by atomic mass is 32.1. The van der Waals surface area contributed by atoms with Gasteiger partial charge in [0.15, 0.2) is 0 Å². The number of rotatable bonds is 6. The Morgan fingerprint density at radius 1 is 1.23 bits per heavy atom. The van der Waals surface area contributed by atoms with Gasteiger partial charge in [0.2, 0.25) is 5.91 Å². The molecule has 0 fully saturated rings. The van der Waals surface area contributed by atoms with Gasteiger partial charge in [-0.15, -0.1) is 11.3 Å². The van der Waals surface area contributed by atoms with Crippen LogP contribution in [0.3, 0.4) is 0 Å². The van der Waals surface area contributed by atoms with Crippen LogP contribution in [0.1, 0.15) is 40.2 Å². The summed E-state index contributed by atoms with van der Waals surface area (Å²) < 4.78 is 6.55. The van der Waals surface area contributed by atoms with Gasteiger partial charge < -0.3 is 10.1 Å². The van der Waals surface area contributed by atoms with Crippen molar-refractivity contribution in [3.8, 4) is 0 Å². The summed E-state index contributed by atoms with van der Waals surface area (Å²) in [5.74, 6) is -0.563. The minimum atomic E-state index is -0.456. The molecule has 30 heavy (non-hydrogen) atoms. The minimum absolute atomic E-state index is 0.169. The quantitative estimate of drug-likeness (QED) is 0.604. The summed E-state index contributed by atoms with van der Waals surface area (Å²) in [6, 6.07) is 5.73. The number of thiophene rings is 1. The van der Waals surface area contributed by atoms with E-state index in [4.69, 9.17) is 4.74 Å². The zero-order valence-corrected chi connectivity index (χ0v) is 18.6. The van der Waals surface area contributed by atoms with E-state index in [2.05, 4.69) is 10.3 Å². The number of aryl methyl sites for hydroxylation is 3. The number of amides is 1. The van der Waals surface area contributed by atoms with Gasteiger partial charge in [0.1, 0.15) is 16.3 Å². The largest absolute Gasteiger partial charge is 0.461 e. The molecular formula is C22H25N3O4S. The van der Waals surface area contributed by atoms with Crippen LogP contribution in [0.15, 0.2) is 29.3 Å². The van der Waals surface area contributed by atoms with E-state index in [1.807, 2.05) is 45.9 Å². The average molecular weight is 428 g/mol. The third kappa shape index (κ3) is 4.59. The summed E-state index contributed by atoms with van der Waals surface area (Å²) in [6.07, 6.45) is 1.34. The molecule has 0 saturated carbocycles. The van der Waals surface area contributed by atoms with Crippen molar-refractivity contribution in [2.24, 2.45) is 5.92 Å². The lowest BCUT2D eigenvalue weighted by Crippen LogP contribution is -2.28. The molecule has 0 saturated heterocycles. The van der Waals surface area contributed by atoms with Gasteiger partial charge in [0, 0.05) is 5.69 Å². The van der Waals surface area contributed by atoms with E-state index in [9.17, 15) is 14.4 Å². The second-order valence-electron chi connectivity index (χ2n) is 7.77. The number of ether oxygens (including phenoxy) is 1. The molecule has 3 rings (SSSR count). The zero-order chi connectivity index (χ0) is 22.0. The maximum atomic E-state index is 12.9. The SMILES string of the molecule is Cc1ccc(NC(=O)Cn2cnc3sc(C(=O)OCC(C)C)c(C)c3c2=O)c(C)c1. The fraction of sp³-hybridized carbons (Fsp3) is 0.364. The van der Waals surface area contributed by atoms with Crippen molar-refractivity contribution in [3.05, 3.63) is 56.4 Å². The van der Waals surface area contributed by atoms with E-state index in [1.54, 1.807) is 6.92 Å². The topological polar surface area (TPSA) is 90.3 Å². The first-order valence-corrected chi connectivity index (χ1v) is 10.5. The maximum absolute atomic E-state index is 12.9. The molecule has 0 aliphatic heterocycles. The number of hydrogen-bond donors (Lipinski definition) is 1. The molecule has 0 radical (unpaired) electrons. The number of hydrogen-bond acceptors (Lipinski definition) is 6. The number of aromatic nitrogens is 2. The molecule has 0 aliphatic carbocycles. The van der Waals surface area contributed by atoms with Gasteiger partial charge in [-0.1, -0.05) is 31.5 Å². The van der Waals surface area contributed by atoms with Gasteiger partial charge >= 0.3 is 5.97 Å². The first-order valence-electron chi connectivity index (χ1n) is 9.70. The fourth-order valence-electron chi connectivity index (χ4n) is 3.07. The van der Waals surface area contributed by atoms with Crippen LogP contribution in [0.2, 0.25) is 0 Å². The molecular weight excluding hydrogens is 402 g/mol.